The Morgan fingerprint density at radius 1 is 1.55 bits per heavy atom. The molecule has 5 heteroatoms. The highest BCUT2D eigenvalue weighted by Gasteiger charge is 2.59. The molecule has 4 unspecified atom stereocenters. The molecule has 0 aromatic heterocycles. The first-order valence-corrected chi connectivity index (χ1v) is 3.30. The molecule has 0 amide bonds. The maximum Gasteiger partial charge on any atom is 0.186 e. The van der Waals surface area contributed by atoms with Crippen LogP contribution in [0, 0.1) is 0 Å². The molecule has 0 aromatic carbocycles. The van der Waals surface area contributed by atoms with Gasteiger partial charge in [-0.3, -0.25) is 0 Å². The summed E-state index contributed by atoms with van der Waals surface area (Å²) in [5.74, 6) is 0. The van der Waals surface area contributed by atoms with Gasteiger partial charge in [0.1, 0.15) is 13.4 Å². The standard InChI is InChI=1S/C6H10BFO3/c1-5(8)3(7)11-4(9)6(5,2)10/h3-4,9-10H,1-2H3. The lowest BCUT2D eigenvalue weighted by Gasteiger charge is -2.30. The molecule has 0 spiro atoms. The molecule has 1 saturated heterocycles. The van der Waals surface area contributed by atoms with E-state index < -0.39 is 23.6 Å². The van der Waals surface area contributed by atoms with Gasteiger partial charge < -0.3 is 14.9 Å². The van der Waals surface area contributed by atoms with Gasteiger partial charge in [-0.05, 0) is 13.8 Å². The van der Waals surface area contributed by atoms with Gasteiger partial charge in [-0.1, -0.05) is 0 Å². The summed E-state index contributed by atoms with van der Waals surface area (Å²) in [5, 5.41) is 18.3. The van der Waals surface area contributed by atoms with E-state index in [0.29, 0.717) is 0 Å². The highest BCUT2D eigenvalue weighted by Crippen LogP contribution is 2.40. The fourth-order valence-corrected chi connectivity index (χ4v) is 0.929. The summed E-state index contributed by atoms with van der Waals surface area (Å²) in [7, 11) is 5.16. The van der Waals surface area contributed by atoms with Crippen molar-refractivity contribution in [2.45, 2.75) is 37.4 Å². The molecule has 1 aliphatic heterocycles. The Morgan fingerprint density at radius 3 is 2.09 bits per heavy atom. The van der Waals surface area contributed by atoms with Crippen LogP contribution in [-0.4, -0.2) is 41.6 Å². The second kappa shape index (κ2) is 2.18. The summed E-state index contributed by atoms with van der Waals surface area (Å²) in [6.07, 6.45) is -1.56. The van der Waals surface area contributed by atoms with E-state index in [9.17, 15) is 9.50 Å². The van der Waals surface area contributed by atoms with Crippen LogP contribution >= 0.6 is 0 Å². The average Bonchev–Trinajstić information content (AvgIpc) is 1.95. The number of hydrogen-bond acceptors (Lipinski definition) is 3. The highest BCUT2D eigenvalue weighted by molar-refractivity contribution is 6.12. The molecule has 0 aliphatic carbocycles. The van der Waals surface area contributed by atoms with Crippen LogP contribution in [0.5, 0.6) is 0 Å². The summed E-state index contributed by atoms with van der Waals surface area (Å²) >= 11 is 0. The Hall–Kier alpha value is -0.125. The molecule has 1 fully saturated rings. The van der Waals surface area contributed by atoms with Crippen LogP contribution in [0.3, 0.4) is 0 Å². The van der Waals surface area contributed by atoms with Crippen LogP contribution in [-0.2, 0) is 4.74 Å². The lowest BCUT2D eigenvalue weighted by molar-refractivity contribution is -0.168. The van der Waals surface area contributed by atoms with Crippen molar-refractivity contribution in [1.82, 2.24) is 0 Å². The van der Waals surface area contributed by atoms with Crippen molar-refractivity contribution in [2.75, 3.05) is 0 Å². The number of ether oxygens (including phenoxy) is 1. The molecule has 11 heavy (non-hydrogen) atoms. The minimum atomic E-state index is -2.12. The van der Waals surface area contributed by atoms with Crippen molar-refractivity contribution in [1.29, 1.82) is 0 Å². The summed E-state index contributed by atoms with van der Waals surface area (Å²) in [4.78, 5) is 0. The first-order chi connectivity index (χ1) is 4.80. The van der Waals surface area contributed by atoms with Crippen molar-refractivity contribution >= 4 is 7.85 Å². The maximum atomic E-state index is 13.4. The van der Waals surface area contributed by atoms with Crippen LogP contribution in [0.2, 0.25) is 0 Å². The molecular weight excluding hydrogens is 150 g/mol. The Kier molecular flexibility index (Phi) is 1.78. The third-order valence-corrected chi connectivity index (χ3v) is 2.28. The summed E-state index contributed by atoms with van der Waals surface area (Å²) in [6, 6.07) is -1.28. The van der Waals surface area contributed by atoms with E-state index in [1.807, 2.05) is 0 Å². The molecule has 3 nitrogen and oxygen atoms in total. The number of aliphatic hydroxyl groups is 2. The number of aliphatic hydroxyl groups excluding tert-OH is 1. The molecule has 2 radical (unpaired) electrons. The molecular formula is C6H10BFO3. The molecule has 62 valence electrons. The second-order valence-corrected chi connectivity index (χ2v) is 3.13. The molecule has 0 saturated carbocycles. The van der Waals surface area contributed by atoms with Crippen molar-refractivity contribution < 1.29 is 19.3 Å². The number of halogens is 1. The van der Waals surface area contributed by atoms with E-state index in [1.54, 1.807) is 0 Å². The molecule has 1 rings (SSSR count). The van der Waals surface area contributed by atoms with Gasteiger partial charge in [0.05, 0.1) is 6.00 Å². The number of rotatable bonds is 0. The third kappa shape index (κ3) is 0.990. The zero-order chi connectivity index (χ0) is 8.86. The van der Waals surface area contributed by atoms with Gasteiger partial charge in [0.25, 0.3) is 0 Å². The van der Waals surface area contributed by atoms with E-state index in [-0.39, 0.29) is 0 Å². The largest absolute Gasteiger partial charge is 0.381 e. The number of alkyl halides is 1. The van der Waals surface area contributed by atoms with Gasteiger partial charge in [0.15, 0.2) is 12.0 Å². The first kappa shape index (κ1) is 8.97. The highest BCUT2D eigenvalue weighted by atomic mass is 19.1. The van der Waals surface area contributed by atoms with Crippen LogP contribution in [0.1, 0.15) is 13.8 Å². The predicted molar refractivity (Wildman–Crippen MR) is 36.8 cm³/mol. The SMILES string of the molecule is [B]C1OC(O)C(C)(O)C1(C)F. The average molecular weight is 160 g/mol. The zero-order valence-electron chi connectivity index (χ0n) is 6.41. The van der Waals surface area contributed by atoms with Gasteiger partial charge in [0, 0.05) is 0 Å². The Balaban J connectivity index is 2.95. The van der Waals surface area contributed by atoms with E-state index in [1.165, 1.54) is 0 Å². The lowest BCUT2D eigenvalue weighted by Crippen LogP contribution is -2.52. The van der Waals surface area contributed by atoms with Crippen molar-refractivity contribution in [3.8, 4) is 0 Å². The van der Waals surface area contributed by atoms with Crippen LogP contribution in [0.15, 0.2) is 0 Å². The van der Waals surface area contributed by atoms with Crippen LogP contribution in [0.25, 0.3) is 0 Å². The predicted octanol–water partition coefficient (Wildman–Crippen LogP) is -0.691. The lowest BCUT2D eigenvalue weighted by atomic mass is 9.77. The van der Waals surface area contributed by atoms with Crippen molar-refractivity contribution in [3.05, 3.63) is 0 Å². The topological polar surface area (TPSA) is 49.7 Å². The summed E-state index contributed by atoms with van der Waals surface area (Å²) in [5.41, 5.74) is -4.06. The minimum Gasteiger partial charge on any atom is -0.381 e. The zero-order valence-corrected chi connectivity index (χ0v) is 6.41. The smallest absolute Gasteiger partial charge is 0.186 e. The number of hydrogen-bond donors (Lipinski definition) is 2. The Labute approximate surface area is 65.6 Å². The maximum absolute atomic E-state index is 13.4. The van der Waals surface area contributed by atoms with Crippen LogP contribution in [0.4, 0.5) is 4.39 Å². The normalized spacial score (nSPS) is 58.3. The second-order valence-electron chi connectivity index (χ2n) is 3.13. The van der Waals surface area contributed by atoms with E-state index in [0.717, 1.165) is 13.8 Å². The fourth-order valence-electron chi connectivity index (χ4n) is 0.929. The molecule has 2 N–H and O–H groups in total. The quantitative estimate of drug-likeness (QED) is 0.461. The Bertz CT molecular complexity index is 153. The minimum absolute atomic E-state index is 1.09. The van der Waals surface area contributed by atoms with E-state index in [2.05, 4.69) is 4.74 Å². The van der Waals surface area contributed by atoms with Gasteiger partial charge in [-0.2, -0.15) is 0 Å². The van der Waals surface area contributed by atoms with Gasteiger partial charge >= 0.3 is 0 Å². The monoisotopic (exact) mass is 160 g/mol. The molecule has 1 heterocycles. The fraction of sp³-hybridized carbons (Fsp3) is 1.00. The molecule has 1 aliphatic rings. The van der Waals surface area contributed by atoms with Gasteiger partial charge in [-0.15, -0.1) is 0 Å². The molecule has 4 atom stereocenters. The summed E-state index contributed by atoms with van der Waals surface area (Å²) in [6.45, 7) is 2.23. The summed E-state index contributed by atoms with van der Waals surface area (Å²) < 4.78 is 17.9. The van der Waals surface area contributed by atoms with E-state index >= 15 is 0 Å². The van der Waals surface area contributed by atoms with Crippen molar-refractivity contribution in [2.24, 2.45) is 0 Å². The van der Waals surface area contributed by atoms with Crippen LogP contribution < -0.4 is 0 Å². The van der Waals surface area contributed by atoms with E-state index in [4.69, 9.17) is 13.0 Å². The van der Waals surface area contributed by atoms with Gasteiger partial charge in [-0.25, -0.2) is 4.39 Å². The molecule has 0 bridgehead atoms. The first-order valence-electron chi connectivity index (χ1n) is 3.30. The Morgan fingerprint density at radius 2 is 2.00 bits per heavy atom. The van der Waals surface area contributed by atoms with Gasteiger partial charge in [0.2, 0.25) is 0 Å². The third-order valence-electron chi connectivity index (χ3n) is 2.28. The molecule has 0 aromatic rings. The van der Waals surface area contributed by atoms with Crippen molar-refractivity contribution in [3.63, 3.8) is 0 Å².